The van der Waals surface area contributed by atoms with Gasteiger partial charge in [-0.3, -0.25) is 4.99 Å². The van der Waals surface area contributed by atoms with E-state index in [0.717, 1.165) is 29.3 Å². The molecule has 2 aromatic heterocycles. The summed E-state index contributed by atoms with van der Waals surface area (Å²) in [7, 11) is 0. The molecule has 0 spiro atoms. The zero-order chi connectivity index (χ0) is 15.4. The third-order valence-corrected chi connectivity index (χ3v) is 3.93. The largest absolute Gasteiger partial charge is 0.263 e. The number of fused-ring (bicyclic) bond motifs is 4. The van der Waals surface area contributed by atoms with Gasteiger partial charge in [0.1, 0.15) is 5.52 Å². The first-order valence-electron chi connectivity index (χ1n) is 7.38. The van der Waals surface area contributed by atoms with Crippen LogP contribution in [0.5, 0.6) is 0 Å². The lowest BCUT2D eigenvalue weighted by Gasteiger charge is -2.16. The third kappa shape index (κ3) is 1.71. The molecule has 8 nitrogen and oxygen atoms in total. The van der Waals surface area contributed by atoms with Crippen LogP contribution in [0.1, 0.15) is 11.4 Å². The molecule has 5 rings (SSSR count). The molecular weight excluding hydrogens is 292 g/mol. The van der Waals surface area contributed by atoms with Crippen molar-refractivity contribution in [3.8, 4) is 5.69 Å². The van der Waals surface area contributed by atoms with Crippen molar-refractivity contribution < 1.29 is 0 Å². The molecule has 0 radical (unpaired) electrons. The van der Waals surface area contributed by atoms with E-state index in [2.05, 4.69) is 25.4 Å². The molecule has 1 aromatic carbocycles. The Morgan fingerprint density at radius 1 is 1.09 bits per heavy atom. The molecule has 0 amide bonds. The van der Waals surface area contributed by atoms with Crippen molar-refractivity contribution in [3.05, 3.63) is 41.7 Å². The number of rotatable bonds is 1. The number of hydrogen-bond acceptors (Lipinski definition) is 7. The fourth-order valence-corrected chi connectivity index (χ4v) is 2.84. The summed E-state index contributed by atoms with van der Waals surface area (Å²) in [6.07, 6.45) is 0. The molecule has 0 saturated carbocycles. The molecular formula is C15H12N8. The predicted molar refractivity (Wildman–Crippen MR) is 84.0 cm³/mol. The van der Waals surface area contributed by atoms with Crippen molar-refractivity contribution in [1.82, 2.24) is 24.8 Å². The van der Waals surface area contributed by atoms with Gasteiger partial charge in [-0.25, -0.2) is 19.7 Å². The zero-order valence-corrected chi connectivity index (χ0v) is 12.4. The number of amidine groups is 1. The number of nitrogens with zero attached hydrogens (tertiary/aromatic N) is 8. The van der Waals surface area contributed by atoms with Crippen LogP contribution < -0.4 is 0 Å². The van der Waals surface area contributed by atoms with Crippen LogP contribution >= 0.6 is 0 Å². The fraction of sp³-hybridized carbons (Fsp3) is 0.200. The van der Waals surface area contributed by atoms with Gasteiger partial charge in [0.05, 0.1) is 24.5 Å². The highest BCUT2D eigenvalue weighted by molar-refractivity contribution is 6.03. The molecule has 0 N–H and O–H groups in total. The maximum absolute atomic E-state index is 4.73. The van der Waals surface area contributed by atoms with Gasteiger partial charge in [-0.2, -0.15) is 5.10 Å². The zero-order valence-electron chi connectivity index (χ0n) is 12.4. The number of aliphatic imine (C=N–C) groups is 1. The lowest BCUT2D eigenvalue weighted by molar-refractivity contribution is 0.450. The molecule has 3 aromatic rings. The van der Waals surface area contributed by atoms with Gasteiger partial charge < -0.3 is 0 Å². The summed E-state index contributed by atoms with van der Waals surface area (Å²) in [5.74, 6) is 1.24. The van der Waals surface area contributed by atoms with Gasteiger partial charge in [-0.15, -0.1) is 5.11 Å². The molecule has 0 fully saturated rings. The second-order valence-corrected chi connectivity index (χ2v) is 5.42. The summed E-state index contributed by atoms with van der Waals surface area (Å²) >= 11 is 0. The number of benzene rings is 1. The van der Waals surface area contributed by atoms with E-state index in [1.807, 2.05) is 37.3 Å². The Hall–Kier alpha value is -3.16. The Bertz CT molecular complexity index is 986. The second-order valence-electron chi connectivity index (χ2n) is 5.42. The van der Waals surface area contributed by atoms with E-state index >= 15 is 0 Å². The first-order valence-corrected chi connectivity index (χ1v) is 7.38. The highest BCUT2D eigenvalue weighted by Gasteiger charge is 2.29. The van der Waals surface area contributed by atoms with Crippen LogP contribution in [0.2, 0.25) is 0 Å². The normalized spacial score (nSPS) is 15.7. The summed E-state index contributed by atoms with van der Waals surface area (Å²) in [4.78, 5) is 13.8. The first kappa shape index (κ1) is 12.4. The predicted octanol–water partition coefficient (Wildman–Crippen LogP) is 2.20. The van der Waals surface area contributed by atoms with Crippen LogP contribution in [0.15, 0.2) is 45.7 Å². The van der Waals surface area contributed by atoms with Gasteiger partial charge in [0.2, 0.25) is 5.82 Å². The maximum Gasteiger partial charge on any atom is 0.208 e. The molecule has 0 saturated heterocycles. The van der Waals surface area contributed by atoms with Crippen molar-refractivity contribution in [2.24, 2.45) is 15.3 Å². The van der Waals surface area contributed by atoms with E-state index in [9.17, 15) is 0 Å². The molecule has 23 heavy (non-hydrogen) atoms. The summed E-state index contributed by atoms with van der Waals surface area (Å²) in [5, 5.41) is 14.7. The summed E-state index contributed by atoms with van der Waals surface area (Å²) in [6, 6.07) is 9.87. The van der Waals surface area contributed by atoms with Crippen LogP contribution in [0, 0.1) is 6.92 Å². The van der Waals surface area contributed by atoms with E-state index in [1.54, 1.807) is 9.69 Å². The molecule has 0 bridgehead atoms. The van der Waals surface area contributed by atoms with Gasteiger partial charge in [-0.05, 0) is 19.1 Å². The Balaban J connectivity index is 1.79. The van der Waals surface area contributed by atoms with E-state index in [-0.39, 0.29) is 0 Å². The summed E-state index contributed by atoms with van der Waals surface area (Å²) in [6.45, 7) is 3.37. The third-order valence-electron chi connectivity index (χ3n) is 3.93. The molecule has 112 valence electrons. The topological polar surface area (TPSA) is 83.9 Å². The van der Waals surface area contributed by atoms with Crippen LogP contribution in [0.25, 0.3) is 16.9 Å². The van der Waals surface area contributed by atoms with Crippen LogP contribution in [-0.4, -0.2) is 43.7 Å². The van der Waals surface area contributed by atoms with E-state index in [0.29, 0.717) is 23.7 Å². The monoisotopic (exact) mass is 304 g/mol. The molecule has 0 aliphatic carbocycles. The highest BCUT2D eigenvalue weighted by Crippen LogP contribution is 2.29. The van der Waals surface area contributed by atoms with Gasteiger partial charge in [0.15, 0.2) is 17.2 Å². The highest BCUT2D eigenvalue weighted by atomic mass is 15.6. The average molecular weight is 304 g/mol. The number of aryl methyl sites for hydroxylation is 1. The minimum absolute atomic E-state index is 0.492. The number of hydrogen-bond donors (Lipinski definition) is 0. The standard InChI is InChI=1S/C15H12N8/c1-9-11-15(23(20-9)10-5-3-2-4-6-10)18-13-12(17-11)14-16-7-8-22(14)21-19-13/h2-6H,7-8H2,1H3. The van der Waals surface area contributed by atoms with Crippen LogP contribution in [0.4, 0.5) is 5.82 Å². The van der Waals surface area contributed by atoms with E-state index < -0.39 is 0 Å². The number of aromatic nitrogens is 4. The molecule has 2 aliphatic heterocycles. The average Bonchev–Trinajstić information content (AvgIpc) is 3.19. The maximum atomic E-state index is 4.73. The van der Waals surface area contributed by atoms with Gasteiger partial charge in [-0.1, -0.05) is 23.4 Å². The lowest BCUT2D eigenvalue weighted by atomic mass is 10.3. The fourth-order valence-electron chi connectivity index (χ4n) is 2.84. The number of para-hydroxylation sites is 1. The van der Waals surface area contributed by atoms with Gasteiger partial charge in [0, 0.05) is 0 Å². The minimum Gasteiger partial charge on any atom is -0.263 e. The van der Waals surface area contributed by atoms with Crippen molar-refractivity contribution >= 4 is 22.8 Å². The van der Waals surface area contributed by atoms with Crippen molar-refractivity contribution in [3.63, 3.8) is 0 Å². The second kappa shape index (κ2) is 4.42. The summed E-state index contributed by atoms with van der Waals surface area (Å²) in [5.41, 5.74) is 3.89. The van der Waals surface area contributed by atoms with E-state index in [1.165, 1.54) is 0 Å². The smallest absolute Gasteiger partial charge is 0.208 e. The van der Waals surface area contributed by atoms with Crippen molar-refractivity contribution in [2.45, 2.75) is 6.92 Å². The Morgan fingerprint density at radius 2 is 1.96 bits per heavy atom. The molecule has 4 heterocycles. The van der Waals surface area contributed by atoms with Crippen molar-refractivity contribution in [1.29, 1.82) is 0 Å². The van der Waals surface area contributed by atoms with E-state index in [4.69, 9.17) is 4.98 Å². The molecule has 0 atom stereocenters. The molecule has 0 unspecified atom stereocenters. The van der Waals surface area contributed by atoms with Crippen LogP contribution in [-0.2, 0) is 0 Å². The first-order chi connectivity index (χ1) is 11.3. The Kier molecular flexibility index (Phi) is 2.38. The summed E-state index contributed by atoms with van der Waals surface area (Å²) < 4.78 is 1.79. The quantitative estimate of drug-likeness (QED) is 0.690. The molecule has 8 heteroatoms. The Morgan fingerprint density at radius 3 is 2.83 bits per heavy atom. The molecule has 2 aliphatic rings. The minimum atomic E-state index is 0.492. The van der Waals surface area contributed by atoms with Crippen molar-refractivity contribution in [2.75, 3.05) is 13.1 Å². The lowest BCUT2D eigenvalue weighted by Crippen LogP contribution is -2.26. The van der Waals surface area contributed by atoms with Gasteiger partial charge >= 0.3 is 0 Å². The van der Waals surface area contributed by atoms with Crippen LogP contribution in [0.3, 0.4) is 0 Å². The van der Waals surface area contributed by atoms with Gasteiger partial charge in [0.25, 0.3) is 0 Å². The Labute approximate surface area is 131 Å². The SMILES string of the molecule is Cc1nn(-c2ccccc2)c2nc3c(nc12)C1=NCCN1N=N3.